The van der Waals surface area contributed by atoms with E-state index in [1.807, 2.05) is 24.4 Å². The summed E-state index contributed by atoms with van der Waals surface area (Å²) in [6, 6.07) is 5.84. The number of aliphatic imine (C=N–C) groups is 1. The molecule has 1 aromatic rings. The van der Waals surface area contributed by atoms with E-state index < -0.39 is 0 Å². The summed E-state index contributed by atoms with van der Waals surface area (Å²) in [7, 11) is 1.40. The Kier molecular flexibility index (Phi) is 3.90. The van der Waals surface area contributed by atoms with E-state index in [2.05, 4.69) is 16.0 Å². The van der Waals surface area contributed by atoms with Crippen molar-refractivity contribution in [3.05, 3.63) is 35.5 Å². The fourth-order valence-electron chi connectivity index (χ4n) is 2.54. The third-order valence-electron chi connectivity index (χ3n) is 3.63. The molecule has 0 atom stereocenters. The lowest BCUT2D eigenvalue weighted by atomic mass is 10.1. The minimum Gasteiger partial charge on any atom is -0.490 e. The van der Waals surface area contributed by atoms with Gasteiger partial charge in [-0.3, -0.25) is 9.79 Å². The van der Waals surface area contributed by atoms with Crippen LogP contribution in [0.5, 0.6) is 5.75 Å². The van der Waals surface area contributed by atoms with E-state index in [1.54, 1.807) is 0 Å². The zero-order chi connectivity index (χ0) is 14.7. The Labute approximate surface area is 123 Å². The highest BCUT2D eigenvalue weighted by Crippen LogP contribution is 2.33. The van der Waals surface area contributed by atoms with Gasteiger partial charge in [0.2, 0.25) is 0 Å². The number of nitrogens with zero attached hydrogens (tertiary/aromatic N) is 2. The van der Waals surface area contributed by atoms with Gasteiger partial charge in [-0.1, -0.05) is 12.1 Å². The van der Waals surface area contributed by atoms with Crippen LogP contribution >= 0.6 is 0 Å². The SMILES string of the molecule is COC(=O)Cc1ccc2c(c1)N(CC1=CCC=N1)CCO2. The van der Waals surface area contributed by atoms with Crippen molar-refractivity contribution in [2.24, 2.45) is 4.99 Å². The molecule has 0 spiro atoms. The van der Waals surface area contributed by atoms with Crippen LogP contribution in [-0.2, 0) is 16.0 Å². The van der Waals surface area contributed by atoms with Gasteiger partial charge < -0.3 is 14.4 Å². The average molecular weight is 286 g/mol. The van der Waals surface area contributed by atoms with Crippen molar-refractivity contribution in [3.8, 4) is 5.75 Å². The van der Waals surface area contributed by atoms with Crippen molar-refractivity contribution in [2.75, 3.05) is 31.7 Å². The molecule has 2 aliphatic rings. The summed E-state index contributed by atoms with van der Waals surface area (Å²) in [5, 5.41) is 0. The van der Waals surface area contributed by atoms with Crippen LogP contribution in [0.1, 0.15) is 12.0 Å². The van der Waals surface area contributed by atoms with Gasteiger partial charge in [0.25, 0.3) is 0 Å². The van der Waals surface area contributed by atoms with Crippen molar-refractivity contribution < 1.29 is 14.3 Å². The number of anilines is 1. The van der Waals surface area contributed by atoms with E-state index in [0.717, 1.165) is 42.2 Å². The number of methoxy groups -OCH3 is 1. The minimum absolute atomic E-state index is 0.235. The van der Waals surface area contributed by atoms with Crippen molar-refractivity contribution in [1.82, 2.24) is 0 Å². The highest BCUT2D eigenvalue weighted by Gasteiger charge is 2.20. The zero-order valence-electron chi connectivity index (χ0n) is 12.0. The predicted molar refractivity (Wildman–Crippen MR) is 81.1 cm³/mol. The van der Waals surface area contributed by atoms with Crippen molar-refractivity contribution in [3.63, 3.8) is 0 Å². The fourth-order valence-corrected chi connectivity index (χ4v) is 2.54. The summed E-state index contributed by atoms with van der Waals surface area (Å²) in [5.74, 6) is 0.624. The second kappa shape index (κ2) is 5.99. The molecule has 5 heteroatoms. The number of fused-ring (bicyclic) bond motifs is 1. The molecule has 21 heavy (non-hydrogen) atoms. The van der Waals surface area contributed by atoms with Crippen LogP contribution in [0.3, 0.4) is 0 Å². The van der Waals surface area contributed by atoms with Crippen molar-refractivity contribution >= 4 is 17.9 Å². The minimum atomic E-state index is -0.235. The number of hydrogen-bond acceptors (Lipinski definition) is 5. The van der Waals surface area contributed by atoms with Gasteiger partial charge in [-0.2, -0.15) is 0 Å². The molecular weight excluding hydrogens is 268 g/mol. The fraction of sp³-hybridized carbons (Fsp3) is 0.375. The Hall–Kier alpha value is -2.30. The molecule has 0 N–H and O–H groups in total. The van der Waals surface area contributed by atoms with Crippen molar-refractivity contribution in [1.29, 1.82) is 0 Å². The third-order valence-corrected chi connectivity index (χ3v) is 3.63. The molecule has 0 aliphatic carbocycles. The number of carbonyl (C=O) groups excluding carboxylic acids is 1. The number of esters is 1. The molecule has 5 nitrogen and oxygen atoms in total. The molecule has 0 fully saturated rings. The maximum absolute atomic E-state index is 11.4. The lowest BCUT2D eigenvalue weighted by Crippen LogP contribution is -2.34. The van der Waals surface area contributed by atoms with Crippen molar-refractivity contribution in [2.45, 2.75) is 12.8 Å². The molecule has 2 heterocycles. The smallest absolute Gasteiger partial charge is 0.309 e. The van der Waals surface area contributed by atoms with Gasteiger partial charge in [-0.05, 0) is 17.7 Å². The summed E-state index contributed by atoms with van der Waals surface area (Å²) in [5.41, 5.74) is 3.03. The van der Waals surface area contributed by atoms with E-state index in [1.165, 1.54) is 7.11 Å². The molecule has 0 unspecified atom stereocenters. The van der Waals surface area contributed by atoms with Gasteiger partial charge in [0.1, 0.15) is 12.4 Å². The van der Waals surface area contributed by atoms with Crippen LogP contribution in [0.25, 0.3) is 0 Å². The Morgan fingerprint density at radius 1 is 1.48 bits per heavy atom. The van der Waals surface area contributed by atoms with Gasteiger partial charge in [0.15, 0.2) is 0 Å². The number of allylic oxidation sites excluding steroid dienone is 1. The molecular formula is C16H18N2O3. The Bertz CT molecular complexity index is 608. The molecule has 110 valence electrons. The molecule has 2 aliphatic heterocycles. The highest BCUT2D eigenvalue weighted by atomic mass is 16.5. The van der Waals surface area contributed by atoms with Gasteiger partial charge in [0.05, 0.1) is 38.0 Å². The molecule has 0 radical (unpaired) electrons. The first-order valence-corrected chi connectivity index (χ1v) is 7.05. The Balaban J connectivity index is 1.82. The largest absolute Gasteiger partial charge is 0.490 e. The average Bonchev–Trinajstić information content (AvgIpc) is 3.01. The van der Waals surface area contributed by atoms with E-state index >= 15 is 0 Å². The van der Waals surface area contributed by atoms with E-state index in [0.29, 0.717) is 6.61 Å². The van der Waals surface area contributed by atoms with Gasteiger partial charge >= 0.3 is 5.97 Å². The standard InChI is InChI=1S/C16H18N2O3/c1-20-16(19)10-12-4-5-15-14(9-12)18(7-8-21-15)11-13-3-2-6-17-13/h3-6,9H,2,7-8,10-11H2,1H3. The molecule has 0 saturated heterocycles. The lowest BCUT2D eigenvalue weighted by Gasteiger charge is -2.31. The number of carbonyl (C=O) groups is 1. The number of hydrogen-bond donors (Lipinski definition) is 0. The summed E-state index contributed by atoms with van der Waals surface area (Å²) >= 11 is 0. The highest BCUT2D eigenvalue weighted by molar-refractivity contribution is 5.74. The van der Waals surface area contributed by atoms with E-state index in [9.17, 15) is 4.79 Å². The monoisotopic (exact) mass is 286 g/mol. The number of benzene rings is 1. The lowest BCUT2D eigenvalue weighted by molar-refractivity contribution is -0.139. The summed E-state index contributed by atoms with van der Waals surface area (Å²) in [4.78, 5) is 18.0. The summed E-state index contributed by atoms with van der Waals surface area (Å²) < 4.78 is 10.4. The predicted octanol–water partition coefficient (Wildman–Crippen LogP) is 1.96. The first-order valence-electron chi connectivity index (χ1n) is 7.05. The number of ether oxygens (including phenoxy) is 2. The molecule has 0 amide bonds. The van der Waals surface area contributed by atoms with Crippen LogP contribution < -0.4 is 9.64 Å². The topological polar surface area (TPSA) is 51.1 Å². The first-order chi connectivity index (χ1) is 10.3. The van der Waals surface area contributed by atoms with Crippen LogP contribution in [0.2, 0.25) is 0 Å². The second-order valence-corrected chi connectivity index (χ2v) is 5.07. The number of rotatable bonds is 4. The molecule has 3 rings (SSSR count). The van der Waals surface area contributed by atoms with Crippen LogP contribution in [0.4, 0.5) is 5.69 Å². The maximum atomic E-state index is 11.4. The molecule has 1 aromatic carbocycles. The van der Waals surface area contributed by atoms with Crippen LogP contribution in [0.15, 0.2) is 35.0 Å². The second-order valence-electron chi connectivity index (χ2n) is 5.07. The van der Waals surface area contributed by atoms with Gasteiger partial charge in [0, 0.05) is 12.6 Å². The first kappa shape index (κ1) is 13.7. The zero-order valence-corrected chi connectivity index (χ0v) is 12.0. The maximum Gasteiger partial charge on any atom is 0.309 e. The van der Waals surface area contributed by atoms with E-state index in [-0.39, 0.29) is 12.4 Å². The van der Waals surface area contributed by atoms with Gasteiger partial charge in [-0.15, -0.1) is 0 Å². The summed E-state index contributed by atoms with van der Waals surface area (Å²) in [6.45, 7) is 2.26. The molecule has 0 saturated carbocycles. The Morgan fingerprint density at radius 3 is 3.14 bits per heavy atom. The molecule has 0 aromatic heterocycles. The van der Waals surface area contributed by atoms with Gasteiger partial charge in [-0.25, -0.2) is 0 Å². The normalized spacial score (nSPS) is 16.2. The summed E-state index contributed by atoms with van der Waals surface area (Å²) in [6.07, 6.45) is 5.24. The molecule has 0 bridgehead atoms. The third kappa shape index (κ3) is 3.07. The van der Waals surface area contributed by atoms with Crippen LogP contribution in [-0.4, -0.2) is 39.0 Å². The van der Waals surface area contributed by atoms with Crippen LogP contribution in [0, 0.1) is 0 Å². The quantitative estimate of drug-likeness (QED) is 0.794. The van der Waals surface area contributed by atoms with E-state index in [4.69, 9.17) is 9.47 Å². The Morgan fingerprint density at radius 2 is 2.38 bits per heavy atom.